The average molecular weight is 339 g/mol. The van der Waals surface area contributed by atoms with E-state index in [1.165, 1.54) is 18.2 Å². The molecule has 25 heavy (non-hydrogen) atoms. The predicted molar refractivity (Wildman–Crippen MR) is 91.6 cm³/mol. The lowest BCUT2D eigenvalue weighted by atomic mass is 10.00. The number of aromatic amines is 1. The van der Waals surface area contributed by atoms with E-state index in [1.807, 2.05) is 30.3 Å². The van der Waals surface area contributed by atoms with Crippen molar-refractivity contribution in [2.45, 2.75) is 6.18 Å². The zero-order valence-corrected chi connectivity index (χ0v) is 12.9. The van der Waals surface area contributed by atoms with Gasteiger partial charge in [-0.15, -0.1) is 0 Å². The van der Waals surface area contributed by atoms with Gasteiger partial charge >= 0.3 is 6.18 Å². The third kappa shape index (κ3) is 2.39. The van der Waals surface area contributed by atoms with Gasteiger partial charge in [0.25, 0.3) is 0 Å². The number of aldehydes is 1. The highest BCUT2D eigenvalue weighted by atomic mass is 19.4. The Balaban J connectivity index is 2.10. The Morgan fingerprint density at radius 3 is 2.32 bits per heavy atom. The van der Waals surface area contributed by atoms with Crippen molar-refractivity contribution in [2.75, 3.05) is 0 Å². The molecule has 0 bridgehead atoms. The molecule has 0 aliphatic carbocycles. The Morgan fingerprint density at radius 1 is 0.840 bits per heavy atom. The third-order valence-corrected chi connectivity index (χ3v) is 4.36. The van der Waals surface area contributed by atoms with Crippen LogP contribution in [0.1, 0.15) is 15.9 Å². The van der Waals surface area contributed by atoms with Crippen LogP contribution in [0.3, 0.4) is 0 Å². The topological polar surface area (TPSA) is 32.9 Å². The van der Waals surface area contributed by atoms with Crippen molar-refractivity contribution >= 4 is 28.0 Å². The maximum Gasteiger partial charge on any atom is 0.417 e. The van der Waals surface area contributed by atoms with Gasteiger partial charge in [0.15, 0.2) is 6.29 Å². The fraction of sp³-hybridized carbons (Fsp3) is 0.0500. The van der Waals surface area contributed by atoms with Crippen LogP contribution in [0.2, 0.25) is 0 Å². The van der Waals surface area contributed by atoms with Crippen LogP contribution in [0.25, 0.3) is 32.9 Å². The Kier molecular flexibility index (Phi) is 3.39. The van der Waals surface area contributed by atoms with Crippen molar-refractivity contribution in [1.29, 1.82) is 0 Å². The lowest BCUT2D eigenvalue weighted by Gasteiger charge is -2.12. The van der Waals surface area contributed by atoms with E-state index in [0.29, 0.717) is 17.2 Å². The van der Waals surface area contributed by atoms with E-state index >= 15 is 0 Å². The Hall–Kier alpha value is -3.08. The summed E-state index contributed by atoms with van der Waals surface area (Å²) in [5.41, 5.74) is 0.283. The van der Waals surface area contributed by atoms with Gasteiger partial charge in [0.2, 0.25) is 0 Å². The minimum absolute atomic E-state index is 0.0302. The monoisotopic (exact) mass is 339 g/mol. The van der Waals surface area contributed by atoms with Crippen molar-refractivity contribution in [3.05, 3.63) is 71.8 Å². The summed E-state index contributed by atoms with van der Waals surface area (Å²) in [6.45, 7) is 0. The molecule has 0 spiro atoms. The molecule has 0 aliphatic rings. The number of benzene rings is 3. The Labute approximate surface area is 140 Å². The van der Waals surface area contributed by atoms with E-state index in [1.54, 1.807) is 6.07 Å². The number of rotatable bonds is 2. The fourth-order valence-electron chi connectivity index (χ4n) is 3.24. The van der Waals surface area contributed by atoms with E-state index in [0.717, 1.165) is 16.8 Å². The largest absolute Gasteiger partial charge is 0.417 e. The van der Waals surface area contributed by atoms with Gasteiger partial charge in [0, 0.05) is 21.9 Å². The summed E-state index contributed by atoms with van der Waals surface area (Å²) < 4.78 is 40.1. The normalized spacial score (nSPS) is 12.0. The number of carbonyl (C=O) groups excluding carboxylic acids is 1. The smallest absolute Gasteiger partial charge is 0.353 e. The van der Waals surface area contributed by atoms with Crippen LogP contribution in [-0.2, 0) is 6.18 Å². The first-order chi connectivity index (χ1) is 12.0. The Morgan fingerprint density at radius 2 is 1.56 bits per heavy atom. The maximum absolute atomic E-state index is 13.4. The summed E-state index contributed by atoms with van der Waals surface area (Å²) in [6, 6.07) is 16.4. The first kappa shape index (κ1) is 15.4. The SMILES string of the molecule is O=Cc1c(-c2ccccc2C(F)(F)F)[nH]c2c1ccc1ccccc12. The van der Waals surface area contributed by atoms with E-state index < -0.39 is 11.7 Å². The number of nitrogens with one attached hydrogen (secondary N) is 1. The van der Waals surface area contributed by atoms with Gasteiger partial charge in [0.1, 0.15) is 0 Å². The standard InChI is InChI=1S/C20H12F3NO/c21-20(22,23)17-8-4-3-7-15(17)19-16(11-25)14-10-9-12-5-1-2-6-13(12)18(14)24-19/h1-11,24H. The molecular formula is C20H12F3NO. The summed E-state index contributed by atoms with van der Waals surface area (Å²) in [5.74, 6) is 0. The van der Waals surface area contributed by atoms with Gasteiger partial charge < -0.3 is 4.98 Å². The molecule has 1 aromatic heterocycles. The van der Waals surface area contributed by atoms with Crippen LogP contribution < -0.4 is 0 Å². The summed E-state index contributed by atoms with van der Waals surface area (Å²) in [4.78, 5) is 14.7. The van der Waals surface area contributed by atoms with Gasteiger partial charge in [-0.2, -0.15) is 13.2 Å². The van der Waals surface area contributed by atoms with Crippen LogP contribution in [-0.4, -0.2) is 11.3 Å². The molecule has 4 rings (SSSR count). The fourth-order valence-corrected chi connectivity index (χ4v) is 3.24. The van der Waals surface area contributed by atoms with Crippen molar-refractivity contribution in [2.24, 2.45) is 0 Å². The highest BCUT2D eigenvalue weighted by molar-refractivity contribution is 6.14. The molecule has 5 heteroatoms. The molecule has 124 valence electrons. The molecule has 0 saturated carbocycles. The molecule has 0 fully saturated rings. The Bertz CT molecular complexity index is 1110. The van der Waals surface area contributed by atoms with Gasteiger partial charge in [-0.25, -0.2) is 0 Å². The molecule has 0 saturated heterocycles. The summed E-state index contributed by atoms with van der Waals surface area (Å²) in [6.07, 6.45) is -3.90. The van der Waals surface area contributed by atoms with E-state index in [9.17, 15) is 18.0 Å². The van der Waals surface area contributed by atoms with Crippen molar-refractivity contribution < 1.29 is 18.0 Å². The number of fused-ring (bicyclic) bond motifs is 3. The number of aromatic nitrogens is 1. The predicted octanol–water partition coefficient (Wildman–Crippen LogP) is 5.82. The van der Waals surface area contributed by atoms with Crippen molar-refractivity contribution in [3.63, 3.8) is 0 Å². The maximum atomic E-state index is 13.4. The average Bonchev–Trinajstić information content (AvgIpc) is 3.00. The molecular weight excluding hydrogens is 327 g/mol. The molecule has 0 atom stereocenters. The number of hydrogen-bond donors (Lipinski definition) is 1. The number of alkyl halides is 3. The van der Waals surface area contributed by atoms with E-state index in [4.69, 9.17) is 0 Å². The molecule has 0 amide bonds. The second-order valence-electron chi connectivity index (χ2n) is 5.78. The van der Waals surface area contributed by atoms with Gasteiger partial charge in [0.05, 0.1) is 16.8 Å². The second-order valence-corrected chi connectivity index (χ2v) is 5.78. The molecule has 3 aromatic carbocycles. The highest BCUT2D eigenvalue weighted by Crippen LogP contribution is 2.40. The van der Waals surface area contributed by atoms with Gasteiger partial charge in [-0.05, 0) is 11.5 Å². The van der Waals surface area contributed by atoms with E-state index in [-0.39, 0.29) is 16.8 Å². The molecule has 0 radical (unpaired) electrons. The zero-order chi connectivity index (χ0) is 17.6. The lowest BCUT2D eigenvalue weighted by Crippen LogP contribution is -2.07. The lowest BCUT2D eigenvalue weighted by molar-refractivity contribution is -0.137. The van der Waals surface area contributed by atoms with Crippen LogP contribution in [0.5, 0.6) is 0 Å². The summed E-state index contributed by atoms with van der Waals surface area (Å²) in [7, 11) is 0. The van der Waals surface area contributed by atoms with Crippen molar-refractivity contribution in [1.82, 2.24) is 4.98 Å². The highest BCUT2D eigenvalue weighted by Gasteiger charge is 2.34. The quantitative estimate of drug-likeness (QED) is 0.459. The molecule has 1 N–H and O–H groups in total. The molecule has 0 unspecified atom stereocenters. The number of halogens is 3. The number of H-pyrrole nitrogens is 1. The van der Waals surface area contributed by atoms with Gasteiger partial charge in [-0.3, -0.25) is 4.79 Å². The van der Waals surface area contributed by atoms with Crippen LogP contribution in [0.15, 0.2) is 60.7 Å². The number of carbonyl (C=O) groups is 1. The molecule has 2 nitrogen and oxygen atoms in total. The summed E-state index contributed by atoms with van der Waals surface area (Å²) >= 11 is 0. The second kappa shape index (κ2) is 5.48. The molecule has 1 heterocycles. The minimum atomic E-state index is -4.50. The van der Waals surface area contributed by atoms with Crippen LogP contribution in [0, 0.1) is 0 Å². The third-order valence-electron chi connectivity index (χ3n) is 4.36. The first-order valence-corrected chi connectivity index (χ1v) is 7.66. The summed E-state index contributed by atoms with van der Waals surface area (Å²) in [5, 5.41) is 2.42. The van der Waals surface area contributed by atoms with Crippen molar-refractivity contribution in [3.8, 4) is 11.3 Å². The number of hydrogen-bond acceptors (Lipinski definition) is 1. The van der Waals surface area contributed by atoms with Crippen LogP contribution >= 0.6 is 0 Å². The van der Waals surface area contributed by atoms with Crippen LogP contribution in [0.4, 0.5) is 13.2 Å². The minimum Gasteiger partial charge on any atom is -0.353 e. The zero-order valence-electron chi connectivity index (χ0n) is 12.9. The van der Waals surface area contributed by atoms with E-state index in [2.05, 4.69) is 4.98 Å². The first-order valence-electron chi connectivity index (χ1n) is 7.66. The van der Waals surface area contributed by atoms with Gasteiger partial charge in [-0.1, -0.05) is 54.6 Å². The molecule has 4 aromatic rings. The molecule has 0 aliphatic heterocycles.